The maximum Gasteiger partial charge on any atom is 0.283 e. The monoisotopic (exact) mass is 467 g/mol. The number of fused-ring (bicyclic) bond motifs is 1. The molecule has 3 aromatic rings. The average molecular weight is 468 g/mol. The number of aryl methyl sites for hydroxylation is 3. The zero-order valence-corrected chi connectivity index (χ0v) is 20.4. The first-order valence-corrected chi connectivity index (χ1v) is 12.0. The molecule has 6 nitrogen and oxygen atoms in total. The van der Waals surface area contributed by atoms with Crippen LogP contribution in [-0.2, 0) is 11.2 Å². The Hall–Kier alpha value is -3.71. The van der Waals surface area contributed by atoms with Crippen LogP contribution >= 0.6 is 11.8 Å². The van der Waals surface area contributed by atoms with Gasteiger partial charge in [0.1, 0.15) is 5.04 Å². The van der Waals surface area contributed by atoms with Crippen molar-refractivity contribution in [3.63, 3.8) is 0 Å². The summed E-state index contributed by atoms with van der Waals surface area (Å²) in [5.41, 5.74) is 7.68. The predicted molar refractivity (Wildman–Crippen MR) is 140 cm³/mol. The molecule has 7 heteroatoms. The van der Waals surface area contributed by atoms with E-state index in [1.165, 1.54) is 22.3 Å². The number of amidine groups is 2. The lowest BCUT2D eigenvalue weighted by molar-refractivity contribution is -0.114. The van der Waals surface area contributed by atoms with Crippen molar-refractivity contribution in [1.29, 1.82) is 5.41 Å². The molecule has 0 radical (unpaired) electrons. The second-order valence-corrected chi connectivity index (χ2v) is 9.39. The third-order valence-electron chi connectivity index (χ3n) is 6.10. The van der Waals surface area contributed by atoms with Gasteiger partial charge in [0.25, 0.3) is 5.91 Å². The number of amides is 1. The number of carbonyl (C=O) groups excluding carboxylic acids is 1. The molecule has 0 saturated carbocycles. The van der Waals surface area contributed by atoms with Crippen molar-refractivity contribution in [3.05, 3.63) is 93.8 Å². The molecule has 0 saturated heterocycles. The molecule has 0 atom stereocenters. The summed E-state index contributed by atoms with van der Waals surface area (Å²) in [6.45, 7) is 8.27. The highest BCUT2D eigenvalue weighted by Crippen LogP contribution is 2.32. The molecule has 1 amide bonds. The van der Waals surface area contributed by atoms with E-state index in [0.29, 0.717) is 5.17 Å². The molecule has 1 aromatic heterocycles. The molecular formula is C27H25N5OS. The van der Waals surface area contributed by atoms with Crippen LogP contribution in [0.15, 0.2) is 70.3 Å². The van der Waals surface area contributed by atoms with Crippen LogP contribution in [0.2, 0.25) is 0 Å². The first-order valence-electron chi connectivity index (χ1n) is 11.2. The Labute approximate surface area is 203 Å². The molecule has 0 spiro atoms. The molecule has 0 bridgehead atoms. The van der Waals surface area contributed by atoms with Gasteiger partial charge in [-0.15, -0.1) is 0 Å². The Bertz CT molecular complexity index is 1440. The maximum atomic E-state index is 12.9. The number of carbonyl (C=O) groups is 1. The Kier molecular flexibility index (Phi) is 5.57. The van der Waals surface area contributed by atoms with Gasteiger partial charge in [0.2, 0.25) is 5.17 Å². The fraction of sp³-hybridized carbons (Fsp3) is 0.185. The molecule has 0 unspecified atom stereocenters. The maximum absolute atomic E-state index is 12.9. The summed E-state index contributed by atoms with van der Waals surface area (Å²) in [5.74, 6) is -0.368. The zero-order valence-electron chi connectivity index (χ0n) is 19.6. The Morgan fingerprint density at radius 1 is 1.06 bits per heavy atom. The fourth-order valence-corrected chi connectivity index (χ4v) is 5.26. The minimum Gasteiger partial charge on any atom is -0.318 e. The summed E-state index contributed by atoms with van der Waals surface area (Å²) in [5, 5.41) is 16.0. The van der Waals surface area contributed by atoms with Gasteiger partial charge in [-0.25, -0.2) is 0 Å². The SMILES string of the molecule is CCc1ccccc1-n1c(C)cc(C=C2C(=N)N3N=C(c4cccc(C)c4)SC3=NC2=O)c1C. The van der Waals surface area contributed by atoms with Crippen LogP contribution in [-0.4, -0.2) is 31.5 Å². The molecule has 2 aliphatic heterocycles. The van der Waals surface area contributed by atoms with Gasteiger partial charge in [0.15, 0.2) is 5.84 Å². The molecule has 1 N–H and O–H groups in total. The van der Waals surface area contributed by atoms with Crippen LogP contribution < -0.4 is 0 Å². The van der Waals surface area contributed by atoms with Crippen LogP contribution in [0.3, 0.4) is 0 Å². The first-order chi connectivity index (χ1) is 16.4. The third kappa shape index (κ3) is 3.72. The average Bonchev–Trinajstić information content (AvgIpc) is 3.37. The number of hydrogen-bond acceptors (Lipinski definition) is 4. The smallest absolute Gasteiger partial charge is 0.283 e. The number of benzene rings is 2. The van der Waals surface area contributed by atoms with Crippen LogP contribution in [0, 0.1) is 26.2 Å². The summed E-state index contributed by atoms with van der Waals surface area (Å²) in [7, 11) is 0. The van der Waals surface area contributed by atoms with E-state index in [2.05, 4.69) is 52.8 Å². The number of nitrogens with one attached hydrogen (secondary N) is 1. The summed E-state index contributed by atoms with van der Waals surface area (Å²) < 4.78 is 2.20. The lowest BCUT2D eigenvalue weighted by Gasteiger charge is -2.20. The minimum atomic E-state index is -0.414. The van der Waals surface area contributed by atoms with E-state index in [0.717, 1.165) is 45.2 Å². The van der Waals surface area contributed by atoms with Crippen LogP contribution in [0.4, 0.5) is 0 Å². The number of aliphatic imine (C=N–C) groups is 1. The van der Waals surface area contributed by atoms with Crippen molar-refractivity contribution in [2.75, 3.05) is 0 Å². The Balaban J connectivity index is 1.53. The van der Waals surface area contributed by atoms with E-state index < -0.39 is 5.91 Å². The number of rotatable bonds is 4. The molecule has 3 heterocycles. The number of aromatic nitrogens is 1. The van der Waals surface area contributed by atoms with E-state index >= 15 is 0 Å². The molecule has 5 rings (SSSR count). The van der Waals surface area contributed by atoms with Crippen molar-refractivity contribution in [3.8, 4) is 5.69 Å². The molecule has 2 aromatic carbocycles. The normalized spacial score (nSPS) is 16.7. The molecule has 2 aliphatic rings. The Morgan fingerprint density at radius 3 is 2.62 bits per heavy atom. The first kappa shape index (κ1) is 22.1. The predicted octanol–water partition coefficient (Wildman–Crippen LogP) is 5.63. The molecule has 0 fully saturated rings. The molecule has 34 heavy (non-hydrogen) atoms. The zero-order chi connectivity index (χ0) is 24.0. The van der Waals surface area contributed by atoms with Gasteiger partial charge >= 0.3 is 0 Å². The lowest BCUT2D eigenvalue weighted by atomic mass is 10.1. The second-order valence-electron chi connectivity index (χ2n) is 8.44. The van der Waals surface area contributed by atoms with Gasteiger partial charge in [0, 0.05) is 22.6 Å². The number of hydrogen-bond donors (Lipinski definition) is 1. The standard InChI is InChI=1S/C27H25N5OS/c1-5-19-10-6-7-12-23(19)31-17(3)14-21(18(31)4)15-22-24(28)32-27(29-25(22)33)34-26(30-32)20-11-8-9-16(2)13-20/h6-15,28H,5H2,1-4H3. The molecular weight excluding hydrogens is 442 g/mol. The largest absolute Gasteiger partial charge is 0.318 e. The van der Waals surface area contributed by atoms with Gasteiger partial charge in [-0.3, -0.25) is 10.2 Å². The lowest BCUT2D eigenvalue weighted by Crippen LogP contribution is -2.35. The van der Waals surface area contributed by atoms with Gasteiger partial charge in [-0.1, -0.05) is 48.9 Å². The van der Waals surface area contributed by atoms with Crippen LogP contribution in [0.1, 0.15) is 40.6 Å². The van der Waals surface area contributed by atoms with Gasteiger partial charge in [-0.05, 0) is 74.4 Å². The van der Waals surface area contributed by atoms with E-state index in [9.17, 15) is 4.79 Å². The third-order valence-corrected chi connectivity index (χ3v) is 7.06. The topological polar surface area (TPSA) is 73.8 Å². The molecule has 170 valence electrons. The summed E-state index contributed by atoms with van der Waals surface area (Å²) in [4.78, 5) is 17.2. The van der Waals surface area contributed by atoms with Gasteiger partial charge in [0.05, 0.1) is 5.57 Å². The highest BCUT2D eigenvalue weighted by molar-refractivity contribution is 8.27. The van der Waals surface area contributed by atoms with Crippen molar-refractivity contribution < 1.29 is 4.79 Å². The Morgan fingerprint density at radius 2 is 1.85 bits per heavy atom. The summed E-state index contributed by atoms with van der Waals surface area (Å²) in [6, 6.07) is 18.4. The van der Waals surface area contributed by atoms with Gasteiger partial charge in [-0.2, -0.15) is 15.1 Å². The van der Waals surface area contributed by atoms with Crippen molar-refractivity contribution in [1.82, 2.24) is 9.58 Å². The van der Waals surface area contributed by atoms with Crippen molar-refractivity contribution >= 4 is 39.8 Å². The number of nitrogens with zero attached hydrogens (tertiary/aromatic N) is 4. The van der Waals surface area contributed by atoms with E-state index in [-0.39, 0.29) is 11.4 Å². The highest BCUT2D eigenvalue weighted by atomic mass is 32.2. The van der Waals surface area contributed by atoms with E-state index in [1.807, 2.05) is 44.2 Å². The van der Waals surface area contributed by atoms with Crippen LogP contribution in [0.5, 0.6) is 0 Å². The molecule has 0 aliphatic carbocycles. The number of thioether (sulfide) groups is 1. The van der Waals surface area contributed by atoms with Crippen molar-refractivity contribution in [2.24, 2.45) is 10.1 Å². The minimum absolute atomic E-state index is 0.0453. The summed E-state index contributed by atoms with van der Waals surface area (Å²) >= 11 is 1.32. The van der Waals surface area contributed by atoms with E-state index in [1.54, 1.807) is 6.08 Å². The summed E-state index contributed by atoms with van der Waals surface area (Å²) in [6.07, 6.45) is 2.70. The fourth-order valence-electron chi connectivity index (χ4n) is 4.37. The quantitative estimate of drug-likeness (QED) is 0.505. The number of hydrazone groups is 1. The second kappa shape index (κ2) is 8.57. The van der Waals surface area contributed by atoms with Gasteiger partial charge < -0.3 is 4.57 Å². The van der Waals surface area contributed by atoms with E-state index in [4.69, 9.17) is 5.41 Å². The van der Waals surface area contributed by atoms with Crippen molar-refractivity contribution in [2.45, 2.75) is 34.1 Å². The number of para-hydroxylation sites is 1. The highest BCUT2D eigenvalue weighted by Gasteiger charge is 2.36. The van der Waals surface area contributed by atoms with Crippen LogP contribution in [0.25, 0.3) is 11.8 Å².